The highest BCUT2D eigenvalue weighted by atomic mass is 15.1. The smallest absolute Gasteiger partial charge is 0.0397 e. The molecule has 0 saturated carbocycles. The molecule has 0 aromatic heterocycles. The lowest BCUT2D eigenvalue weighted by Gasteiger charge is -2.32. The molecule has 3 heteroatoms. The molecule has 1 unspecified atom stereocenters. The fourth-order valence-electron chi connectivity index (χ4n) is 3.73. The Hall–Kier alpha value is -1.06. The van der Waals surface area contributed by atoms with Gasteiger partial charge in [-0.1, -0.05) is 12.1 Å². The third-order valence-electron chi connectivity index (χ3n) is 4.77. The fraction of sp³-hybridized carbons (Fsp3) is 0.647. The van der Waals surface area contributed by atoms with E-state index in [0.29, 0.717) is 0 Å². The molecule has 0 spiro atoms. The van der Waals surface area contributed by atoms with Gasteiger partial charge in [-0.3, -0.25) is 4.90 Å². The molecule has 110 valence electrons. The highest BCUT2D eigenvalue weighted by Crippen LogP contribution is 2.28. The predicted octanol–water partition coefficient (Wildman–Crippen LogP) is 2.11. The zero-order valence-corrected chi connectivity index (χ0v) is 12.9. The van der Waals surface area contributed by atoms with Crippen molar-refractivity contribution < 1.29 is 0 Å². The standard InChI is InChI=1S/C17H27N3/c1-18-11-15-4-3-8-20(13-15)12-14-5-6-17-16(10-14)7-9-19(17)2/h5-6,10,15,18H,3-4,7-9,11-13H2,1-2H3. The van der Waals surface area contributed by atoms with Crippen LogP contribution < -0.4 is 10.2 Å². The van der Waals surface area contributed by atoms with E-state index >= 15 is 0 Å². The molecule has 1 aromatic rings. The van der Waals surface area contributed by atoms with Crippen molar-refractivity contribution in [2.45, 2.75) is 25.8 Å². The number of fused-ring (bicyclic) bond motifs is 1. The van der Waals surface area contributed by atoms with Crippen LogP contribution >= 0.6 is 0 Å². The number of nitrogens with zero attached hydrogens (tertiary/aromatic N) is 2. The molecule has 3 rings (SSSR count). The van der Waals surface area contributed by atoms with Crippen LogP contribution in [0.15, 0.2) is 18.2 Å². The van der Waals surface area contributed by atoms with Crippen LogP contribution in [0.2, 0.25) is 0 Å². The number of likely N-dealkylation sites (N-methyl/N-ethyl adjacent to an activating group) is 1. The lowest BCUT2D eigenvalue weighted by Crippen LogP contribution is -2.38. The molecule has 1 fully saturated rings. The predicted molar refractivity (Wildman–Crippen MR) is 85.3 cm³/mol. The van der Waals surface area contributed by atoms with Gasteiger partial charge < -0.3 is 10.2 Å². The van der Waals surface area contributed by atoms with E-state index in [2.05, 4.69) is 47.4 Å². The molecule has 2 aliphatic heterocycles. The van der Waals surface area contributed by atoms with Crippen molar-refractivity contribution in [3.63, 3.8) is 0 Å². The van der Waals surface area contributed by atoms with Crippen LogP contribution in [-0.2, 0) is 13.0 Å². The monoisotopic (exact) mass is 273 g/mol. The summed E-state index contributed by atoms with van der Waals surface area (Å²) in [7, 11) is 4.26. The SMILES string of the molecule is CNCC1CCCN(Cc2ccc3c(c2)CCN3C)C1. The van der Waals surface area contributed by atoms with Crippen molar-refractivity contribution in [3.8, 4) is 0 Å². The van der Waals surface area contributed by atoms with E-state index in [1.807, 2.05) is 0 Å². The maximum absolute atomic E-state index is 3.33. The first kappa shape index (κ1) is 13.9. The maximum atomic E-state index is 3.33. The summed E-state index contributed by atoms with van der Waals surface area (Å²) in [6.45, 7) is 5.96. The summed E-state index contributed by atoms with van der Waals surface area (Å²) in [6.07, 6.45) is 3.94. The van der Waals surface area contributed by atoms with Gasteiger partial charge in [0.2, 0.25) is 0 Å². The highest BCUT2D eigenvalue weighted by Gasteiger charge is 2.20. The molecule has 3 nitrogen and oxygen atoms in total. The van der Waals surface area contributed by atoms with Crippen LogP contribution in [0.3, 0.4) is 0 Å². The second-order valence-electron chi connectivity index (χ2n) is 6.44. The minimum atomic E-state index is 0.828. The molecule has 0 bridgehead atoms. The molecule has 0 amide bonds. The minimum absolute atomic E-state index is 0.828. The van der Waals surface area contributed by atoms with Crippen molar-refractivity contribution in [1.29, 1.82) is 0 Å². The third-order valence-corrected chi connectivity index (χ3v) is 4.77. The first-order valence-electron chi connectivity index (χ1n) is 7.96. The normalized spacial score (nSPS) is 23.1. The number of piperidine rings is 1. The molecule has 1 atom stereocenters. The molecule has 1 aromatic carbocycles. The Morgan fingerprint density at radius 3 is 3.05 bits per heavy atom. The molecular weight excluding hydrogens is 246 g/mol. The second kappa shape index (κ2) is 6.15. The Bertz CT molecular complexity index is 456. The Kier molecular flexibility index (Phi) is 4.27. The van der Waals surface area contributed by atoms with E-state index in [-0.39, 0.29) is 0 Å². The van der Waals surface area contributed by atoms with E-state index in [9.17, 15) is 0 Å². The van der Waals surface area contributed by atoms with E-state index in [1.54, 1.807) is 0 Å². The number of hydrogen-bond acceptors (Lipinski definition) is 3. The van der Waals surface area contributed by atoms with Crippen molar-refractivity contribution in [3.05, 3.63) is 29.3 Å². The van der Waals surface area contributed by atoms with E-state index in [4.69, 9.17) is 0 Å². The summed E-state index contributed by atoms with van der Waals surface area (Å²) in [5.74, 6) is 0.828. The molecule has 1 N–H and O–H groups in total. The van der Waals surface area contributed by atoms with Crippen molar-refractivity contribution >= 4 is 5.69 Å². The Balaban J connectivity index is 1.63. The van der Waals surface area contributed by atoms with Crippen LogP contribution in [0.4, 0.5) is 5.69 Å². The molecule has 2 heterocycles. The molecular formula is C17H27N3. The number of anilines is 1. The fourth-order valence-corrected chi connectivity index (χ4v) is 3.73. The maximum Gasteiger partial charge on any atom is 0.0397 e. The van der Waals surface area contributed by atoms with E-state index < -0.39 is 0 Å². The van der Waals surface area contributed by atoms with Crippen molar-refractivity contribution in [2.75, 3.05) is 45.2 Å². The van der Waals surface area contributed by atoms with Crippen LogP contribution in [0.1, 0.15) is 24.0 Å². The van der Waals surface area contributed by atoms with Gasteiger partial charge in [0.1, 0.15) is 0 Å². The Morgan fingerprint density at radius 2 is 2.20 bits per heavy atom. The van der Waals surface area contributed by atoms with E-state index in [1.165, 1.54) is 55.7 Å². The summed E-state index contributed by atoms with van der Waals surface area (Å²) in [5, 5.41) is 3.33. The summed E-state index contributed by atoms with van der Waals surface area (Å²) < 4.78 is 0. The number of likely N-dealkylation sites (tertiary alicyclic amines) is 1. The summed E-state index contributed by atoms with van der Waals surface area (Å²) in [6, 6.07) is 7.07. The van der Waals surface area contributed by atoms with Crippen molar-refractivity contribution in [2.24, 2.45) is 5.92 Å². The first-order valence-corrected chi connectivity index (χ1v) is 7.96. The lowest BCUT2D eigenvalue weighted by molar-refractivity contribution is 0.167. The lowest BCUT2D eigenvalue weighted by atomic mass is 9.97. The average molecular weight is 273 g/mol. The zero-order chi connectivity index (χ0) is 13.9. The second-order valence-corrected chi connectivity index (χ2v) is 6.44. The van der Waals surface area contributed by atoms with E-state index in [0.717, 1.165) is 19.0 Å². The quantitative estimate of drug-likeness (QED) is 0.906. The van der Waals surface area contributed by atoms with Gasteiger partial charge >= 0.3 is 0 Å². The molecule has 1 saturated heterocycles. The summed E-state index contributed by atoms with van der Waals surface area (Å²) >= 11 is 0. The largest absolute Gasteiger partial charge is 0.374 e. The van der Waals surface area contributed by atoms with Crippen LogP contribution in [0.25, 0.3) is 0 Å². The summed E-state index contributed by atoms with van der Waals surface area (Å²) in [5.41, 5.74) is 4.46. The Morgan fingerprint density at radius 1 is 1.30 bits per heavy atom. The van der Waals surface area contributed by atoms with Gasteiger partial charge in [-0.25, -0.2) is 0 Å². The van der Waals surface area contributed by atoms with Crippen LogP contribution in [0, 0.1) is 5.92 Å². The zero-order valence-electron chi connectivity index (χ0n) is 12.9. The topological polar surface area (TPSA) is 18.5 Å². The van der Waals surface area contributed by atoms with Gasteiger partial charge in [-0.05, 0) is 62.5 Å². The molecule has 0 radical (unpaired) electrons. The molecule has 2 aliphatic rings. The van der Waals surface area contributed by atoms with Gasteiger partial charge in [0.25, 0.3) is 0 Å². The molecule has 0 aliphatic carbocycles. The van der Waals surface area contributed by atoms with Gasteiger partial charge in [-0.2, -0.15) is 0 Å². The number of rotatable bonds is 4. The van der Waals surface area contributed by atoms with Gasteiger partial charge in [0.05, 0.1) is 0 Å². The van der Waals surface area contributed by atoms with Gasteiger partial charge in [-0.15, -0.1) is 0 Å². The average Bonchev–Trinajstić information content (AvgIpc) is 2.81. The van der Waals surface area contributed by atoms with Crippen LogP contribution in [-0.4, -0.2) is 45.2 Å². The Labute approximate surface area is 123 Å². The minimum Gasteiger partial charge on any atom is -0.374 e. The van der Waals surface area contributed by atoms with Crippen LogP contribution in [0.5, 0.6) is 0 Å². The number of benzene rings is 1. The van der Waals surface area contributed by atoms with Crippen molar-refractivity contribution in [1.82, 2.24) is 10.2 Å². The van der Waals surface area contributed by atoms with Gasteiger partial charge in [0.15, 0.2) is 0 Å². The number of nitrogens with one attached hydrogen (secondary N) is 1. The third kappa shape index (κ3) is 2.99. The summed E-state index contributed by atoms with van der Waals surface area (Å²) in [4.78, 5) is 4.99. The number of hydrogen-bond donors (Lipinski definition) is 1. The molecule has 20 heavy (non-hydrogen) atoms. The first-order chi connectivity index (χ1) is 9.76. The van der Waals surface area contributed by atoms with Gasteiger partial charge in [0, 0.05) is 32.4 Å². The highest BCUT2D eigenvalue weighted by molar-refractivity contribution is 5.58.